The van der Waals surface area contributed by atoms with Crippen LogP contribution >= 0.6 is 0 Å². The van der Waals surface area contributed by atoms with E-state index >= 15 is 0 Å². The van der Waals surface area contributed by atoms with Gasteiger partial charge in [0.15, 0.2) is 0 Å². The van der Waals surface area contributed by atoms with Crippen LogP contribution in [0.15, 0.2) is 12.3 Å². The van der Waals surface area contributed by atoms with Crippen LogP contribution in [0.4, 0.5) is 0 Å². The van der Waals surface area contributed by atoms with Gasteiger partial charge in [0.2, 0.25) is 0 Å². The Kier molecular flexibility index (Phi) is 5.82. The van der Waals surface area contributed by atoms with Crippen molar-refractivity contribution in [3.63, 3.8) is 0 Å². The first-order valence-electron chi connectivity index (χ1n) is 6.74. The fraction of sp³-hybridized carbons (Fsp3) is 0.786. The Bertz CT molecular complexity index is 339. The van der Waals surface area contributed by atoms with Crippen molar-refractivity contribution in [3.8, 4) is 0 Å². The van der Waals surface area contributed by atoms with Gasteiger partial charge in [0.05, 0.1) is 24.4 Å². The molecule has 1 rings (SSSR count). The maximum atomic E-state index is 5.68. The number of aromatic nitrogens is 2. The Labute approximate surface area is 111 Å². The van der Waals surface area contributed by atoms with Crippen molar-refractivity contribution in [2.75, 3.05) is 13.2 Å². The van der Waals surface area contributed by atoms with Crippen molar-refractivity contribution < 1.29 is 4.74 Å². The summed E-state index contributed by atoms with van der Waals surface area (Å²) < 4.78 is 7.62. The molecule has 0 radical (unpaired) electrons. The van der Waals surface area contributed by atoms with Crippen LogP contribution in [0.25, 0.3) is 0 Å². The van der Waals surface area contributed by atoms with Gasteiger partial charge < -0.3 is 10.1 Å². The second-order valence-electron chi connectivity index (χ2n) is 6.06. The Balaban J connectivity index is 2.26. The van der Waals surface area contributed by atoms with Crippen molar-refractivity contribution >= 4 is 0 Å². The van der Waals surface area contributed by atoms with Gasteiger partial charge in [-0.1, -0.05) is 13.8 Å². The average Bonchev–Trinajstić information content (AvgIpc) is 2.63. The largest absolute Gasteiger partial charge is 0.374 e. The Morgan fingerprint density at radius 3 is 2.72 bits per heavy atom. The number of hydrogen-bond acceptors (Lipinski definition) is 3. The monoisotopic (exact) mass is 253 g/mol. The van der Waals surface area contributed by atoms with Gasteiger partial charge in [0.1, 0.15) is 0 Å². The molecular formula is C14H27N3O. The van der Waals surface area contributed by atoms with Crippen molar-refractivity contribution in [2.24, 2.45) is 5.92 Å². The maximum absolute atomic E-state index is 5.68. The zero-order chi connectivity index (χ0) is 13.6. The SMILES string of the molecule is CC(C)CNCc1ccn(CCOC(C)(C)C)n1. The van der Waals surface area contributed by atoms with Gasteiger partial charge in [-0.15, -0.1) is 0 Å². The Morgan fingerprint density at radius 2 is 2.11 bits per heavy atom. The fourth-order valence-electron chi connectivity index (χ4n) is 1.56. The lowest BCUT2D eigenvalue weighted by Crippen LogP contribution is -2.22. The second-order valence-corrected chi connectivity index (χ2v) is 6.06. The molecule has 0 saturated heterocycles. The van der Waals surface area contributed by atoms with Crippen molar-refractivity contribution in [1.82, 2.24) is 15.1 Å². The first-order valence-corrected chi connectivity index (χ1v) is 6.74. The summed E-state index contributed by atoms with van der Waals surface area (Å²) >= 11 is 0. The molecule has 0 bridgehead atoms. The van der Waals surface area contributed by atoms with E-state index in [0.717, 1.165) is 25.3 Å². The lowest BCUT2D eigenvalue weighted by molar-refractivity contribution is -0.00792. The van der Waals surface area contributed by atoms with Crippen LogP contribution in [0.3, 0.4) is 0 Å². The van der Waals surface area contributed by atoms with E-state index in [2.05, 4.69) is 51.1 Å². The summed E-state index contributed by atoms with van der Waals surface area (Å²) in [5.74, 6) is 0.673. The van der Waals surface area contributed by atoms with Crippen LogP contribution in [0.5, 0.6) is 0 Å². The summed E-state index contributed by atoms with van der Waals surface area (Å²) in [6.45, 7) is 14.0. The van der Waals surface area contributed by atoms with Gasteiger partial charge in [0, 0.05) is 12.7 Å². The quantitative estimate of drug-likeness (QED) is 0.811. The van der Waals surface area contributed by atoms with Gasteiger partial charge in [-0.2, -0.15) is 5.10 Å². The van der Waals surface area contributed by atoms with E-state index in [0.29, 0.717) is 12.5 Å². The van der Waals surface area contributed by atoms with Crippen molar-refractivity contribution in [1.29, 1.82) is 0 Å². The summed E-state index contributed by atoms with van der Waals surface area (Å²) in [5.41, 5.74) is 1.01. The minimum absolute atomic E-state index is 0.0746. The zero-order valence-corrected chi connectivity index (χ0v) is 12.4. The van der Waals surface area contributed by atoms with Crippen molar-refractivity contribution in [2.45, 2.75) is 53.3 Å². The second kappa shape index (κ2) is 6.90. The minimum atomic E-state index is -0.0746. The van der Waals surface area contributed by atoms with E-state index in [1.54, 1.807) is 0 Å². The fourth-order valence-corrected chi connectivity index (χ4v) is 1.56. The summed E-state index contributed by atoms with van der Waals surface area (Å²) in [7, 11) is 0. The molecule has 4 heteroatoms. The minimum Gasteiger partial charge on any atom is -0.374 e. The number of ether oxygens (including phenoxy) is 1. The molecule has 0 aliphatic rings. The molecule has 1 aromatic rings. The highest BCUT2D eigenvalue weighted by Crippen LogP contribution is 2.06. The van der Waals surface area contributed by atoms with Crippen molar-refractivity contribution in [3.05, 3.63) is 18.0 Å². The topological polar surface area (TPSA) is 39.1 Å². The molecule has 0 fully saturated rings. The van der Waals surface area contributed by atoms with E-state index in [-0.39, 0.29) is 5.60 Å². The first kappa shape index (κ1) is 15.2. The lowest BCUT2D eigenvalue weighted by atomic mass is 10.2. The van der Waals surface area contributed by atoms with E-state index in [4.69, 9.17) is 4.74 Å². The molecule has 0 spiro atoms. The number of hydrogen-bond donors (Lipinski definition) is 1. The maximum Gasteiger partial charge on any atom is 0.0762 e. The van der Waals surface area contributed by atoms with E-state index in [1.165, 1.54) is 0 Å². The molecule has 0 amide bonds. The van der Waals surface area contributed by atoms with Crippen LogP contribution in [-0.4, -0.2) is 28.5 Å². The molecule has 0 aliphatic heterocycles. The molecule has 0 atom stereocenters. The number of nitrogens with one attached hydrogen (secondary N) is 1. The van der Waals surface area contributed by atoms with Crippen LogP contribution in [-0.2, 0) is 17.8 Å². The molecule has 1 N–H and O–H groups in total. The highest BCUT2D eigenvalue weighted by molar-refractivity contribution is 4.98. The summed E-state index contributed by atoms with van der Waals surface area (Å²) in [5, 5.41) is 7.89. The number of nitrogens with zero attached hydrogens (tertiary/aromatic N) is 2. The molecule has 104 valence electrons. The molecule has 18 heavy (non-hydrogen) atoms. The molecule has 0 aliphatic carbocycles. The lowest BCUT2D eigenvalue weighted by Gasteiger charge is -2.19. The summed E-state index contributed by atoms with van der Waals surface area (Å²) in [4.78, 5) is 0. The summed E-state index contributed by atoms with van der Waals surface area (Å²) in [6, 6.07) is 2.06. The van der Waals surface area contributed by atoms with Gasteiger partial charge in [0.25, 0.3) is 0 Å². The Morgan fingerprint density at radius 1 is 1.39 bits per heavy atom. The molecule has 1 aromatic heterocycles. The van der Waals surface area contributed by atoms with Crippen LogP contribution in [0, 0.1) is 5.92 Å². The van der Waals surface area contributed by atoms with Gasteiger partial charge in [-0.3, -0.25) is 4.68 Å². The highest BCUT2D eigenvalue weighted by atomic mass is 16.5. The highest BCUT2D eigenvalue weighted by Gasteiger charge is 2.09. The predicted molar refractivity (Wildman–Crippen MR) is 74.5 cm³/mol. The molecule has 0 unspecified atom stereocenters. The van der Waals surface area contributed by atoms with Crippen LogP contribution in [0.2, 0.25) is 0 Å². The third-order valence-electron chi connectivity index (χ3n) is 2.41. The van der Waals surface area contributed by atoms with Gasteiger partial charge >= 0.3 is 0 Å². The normalized spacial score (nSPS) is 12.3. The first-order chi connectivity index (χ1) is 8.37. The smallest absolute Gasteiger partial charge is 0.0762 e. The zero-order valence-electron chi connectivity index (χ0n) is 12.4. The van der Waals surface area contributed by atoms with E-state index in [1.807, 2.05) is 10.9 Å². The Hall–Kier alpha value is -0.870. The third kappa shape index (κ3) is 6.77. The molecule has 1 heterocycles. The van der Waals surface area contributed by atoms with Crippen LogP contribution < -0.4 is 5.32 Å². The van der Waals surface area contributed by atoms with E-state index < -0.39 is 0 Å². The molecule has 0 saturated carbocycles. The molecular weight excluding hydrogens is 226 g/mol. The molecule has 0 aromatic carbocycles. The third-order valence-corrected chi connectivity index (χ3v) is 2.41. The van der Waals surface area contributed by atoms with Gasteiger partial charge in [-0.25, -0.2) is 0 Å². The van der Waals surface area contributed by atoms with Crippen LogP contribution in [0.1, 0.15) is 40.3 Å². The van der Waals surface area contributed by atoms with Gasteiger partial charge in [-0.05, 0) is 39.3 Å². The number of rotatable bonds is 7. The predicted octanol–water partition coefficient (Wildman–Crippen LogP) is 2.44. The molecule has 4 nitrogen and oxygen atoms in total. The van der Waals surface area contributed by atoms with E-state index in [9.17, 15) is 0 Å². The summed E-state index contributed by atoms with van der Waals surface area (Å²) in [6.07, 6.45) is 2.01. The standard InChI is InChI=1S/C14H27N3O/c1-12(2)10-15-11-13-6-7-17(16-13)8-9-18-14(3,4)5/h6-7,12,15H,8-11H2,1-5H3. The average molecular weight is 253 g/mol.